The minimum Gasteiger partial charge on any atom is -0.495 e. The standard InChI is InChI=1S/C29H20F4N4O4/c1-15-25(16-3-5-17(30)6-4-16)27(38)20(14-37(15)29(32)33)28(39)36-18-7-8-23(21(31)11-18)41-24-9-10-34-22-12-19(40-2)13-35-26(22)24/h3-14,29H,1-2H3,(H,36,39). The van der Waals surface area contributed by atoms with Crippen LogP contribution in [0.1, 0.15) is 22.6 Å². The minimum absolute atomic E-state index is 0.0609. The number of nitrogens with one attached hydrogen (secondary N) is 1. The summed E-state index contributed by atoms with van der Waals surface area (Å²) in [6, 6.07) is 11.3. The zero-order chi connectivity index (χ0) is 29.3. The van der Waals surface area contributed by atoms with Crippen LogP contribution in [-0.2, 0) is 0 Å². The normalized spacial score (nSPS) is 11.1. The maximum atomic E-state index is 15.0. The number of pyridine rings is 3. The summed E-state index contributed by atoms with van der Waals surface area (Å²) in [6.45, 7) is -1.78. The van der Waals surface area contributed by atoms with Gasteiger partial charge in [-0.3, -0.25) is 19.1 Å². The molecule has 0 bridgehead atoms. The summed E-state index contributed by atoms with van der Waals surface area (Å²) in [6.07, 6.45) is 3.65. The first-order valence-corrected chi connectivity index (χ1v) is 12.0. The number of methoxy groups -OCH3 is 1. The van der Waals surface area contributed by atoms with Gasteiger partial charge in [-0.1, -0.05) is 12.1 Å². The molecule has 0 aliphatic carbocycles. The molecule has 41 heavy (non-hydrogen) atoms. The molecule has 3 heterocycles. The lowest BCUT2D eigenvalue weighted by atomic mass is 10.0. The maximum Gasteiger partial charge on any atom is 0.318 e. The third-order valence-corrected chi connectivity index (χ3v) is 6.24. The monoisotopic (exact) mass is 564 g/mol. The molecule has 0 radical (unpaired) electrons. The van der Waals surface area contributed by atoms with Crippen molar-refractivity contribution in [3.05, 3.63) is 106 Å². The Bertz CT molecular complexity index is 1840. The number of hydrogen-bond acceptors (Lipinski definition) is 6. The minimum atomic E-state index is -3.07. The summed E-state index contributed by atoms with van der Waals surface area (Å²) in [5, 5.41) is 2.36. The van der Waals surface area contributed by atoms with Crippen molar-refractivity contribution < 1.29 is 31.8 Å². The molecular weight excluding hydrogens is 544 g/mol. The number of hydrogen-bond donors (Lipinski definition) is 1. The number of alkyl halides is 2. The van der Waals surface area contributed by atoms with Gasteiger partial charge in [-0.15, -0.1) is 0 Å². The van der Waals surface area contributed by atoms with E-state index in [1.54, 1.807) is 6.07 Å². The summed E-state index contributed by atoms with van der Waals surface area (Å²) >= 11 is 0. The number of halogens is 4. The van der Waals surface area contributed by atoms with Gasteiger partial charge in [0.2, 0.25) is 5.43 Å². The van der Waals surface area contributed by atoms with Gasteiger partial charge in [0.05, 0.1) is 18.8 Å². The Morgan fingerprint density at radius 3 is 2.44 bits per heavy atom. The predicted octanol–water partition coefficient (Wildman–Crippen LogP) is 6.49. The molecule has 0 fully saturated rings. The summed E-state index contributed by atoms with van der Waals surface area (Å²) in [5.41, 5.74) is -0.856. The van der Waals surface area contributed by atoms with E-state index in [0.717, 1.165) is 24.4 Å². The second kappa shape index (κ2) is 11.1. The average molecular weight is 564 g/mol. The van der Waals surface area contributed by atoms with Gasteiger partial charge in [-0.25, -0.2) is 13.8 Å². The number of rotatable bonds is 7. The number of fused-ring (bicyclic) bond motifs is 1. The fraction of sp³-hybridized carbons (Fsp3) is 0.103. The predicted molar refractivity (Wildman–Crippen MR) is 143 cm³/mol. The summed E-state index contributed by atoms with van der Waals surface area (Å²) in [7, 11) is 1.48. The zero-order valence-corrected chi connectivity index (χ0v) is 21.5. The molecule has 0 aliphatic heterocycles. The van der Waals surface area contributed by atoms with Crippen LogP contribution >= 0.6 is 0 Å². The van der Waals surface area contributed by atoms with Gasteiger partial charge < -0.3 is 14.8 Å². The van der Waals surface area contributed by atoms with E-state index in [0.29, 0.717) is 21.4 Å². The van der Waals surface area contributed by atoms with Crippen LogP contribution in [0, 0.1) is 18.6 Å². The molecule has 1 amide bonds. The first-order valence-electron chi connectivity index (χ1n) is 12.0. The number of nitrogens with zero attached hydrogens (tertiary/aromatic N) is 3. The third-order valence-electron chi connectivity index (χ3n) is 6.24. The van der Waals surface area contributed by atoms with E-state index in [9.17, 15) is 27.2 Å². The van der Waals surface area contributed by atoms with Gasteiger partial charge in [0.15, 0.2) is 17.3 Å². The van der Waals surface area contributed by atoms with Gasteiger partial charge >= 0.3 is 6.55 Å². The van der Waals surface area contributed by atoms with Gasteiger partial charge in [0.25, 0.3) is 5.91 Å². The molecule has 1 N–H and O–H groups in total. The van der Waals surface area contributed by atoms with E-state index in [2.05, 4.69) is 15.3 Å². The summed E-state index contributed by atoms with van der Waals surface area (Å²) in [4.78, 5) is 34.7. The number of carbonyl (C=O) groups excluding carboxylic acids is 1. The molecule has 0 saturated heterocycles. The van der Waals surface area contributed by atoms with Gasteiger partial charge in [-0.05, 0) is 36.8 Å². The van der Waals surface area contributed by atoms with E-state index in [-0.39, 0.29) is 34.0 Å². The van der Waals surface area contributed by atoms with E-state index >= 15 is 0 Å². The van der Waals surface area contributed by atoms with Crippen molar-refractivity contribution in [3.63, 3.8) is 0 Å². The van der Waals surface area contributed by atoms with E-state index in [1.165, 1.54) is 56.8 Å². The average Bonchev–Trinajstić information content (AvgIpc) is 2.95. The van der Waals surface area contributed by atoms with Crippen molar-refractivity contribution >= 4 is 22.6 Å². The topological polar surface area (TPSA) is 95.3 Å². The first kappa shape index (κ1) is 27.3. The van der Waals surface area contributed by atoms with Crippen molar-refractivity contribution in [2.75, 3.05) is 12.4 Å². The van der Waals surface area contributed by atoms with Crippen LogP contribution in [0.5, 0.6) is 17.2 Å². The molecule has 2 aromatic carbocycles. The zero-order valence-electron chi connectivity index (χ0n) is 21.5. The van der Waals surface area contributed by atoms with Crippen LogP contribution < -0.4 is 20.2 Å². The van der Waals surface area contributed by atoms with Crippen LogP contribution in [0.2, 0.25) is 0 Å². The molecule has 208 valence electrons. The quantitative estimate of drug-likeness (QED) is 0.227. The Morgan fingerprint density at radius 2 is 1.76 bits per heavy atom. The first-order chi connectivity index (χ1) is 19.7. The molecule has 0 spiro atoms. The number of carbonyl (C=O) groups is 1. The van der Waals surface area contributed by atoms with Crippen molar-refractivity contribution in [1.29, 1.82) is 0 Å². The van der Waals surface area contributed by atoms with Crippen LogP contribution in [0.25, 0.3) is 22.2 Å². The summed E-state index contributed by atoms with van der Waals surface area (Å²) in [5.74, 6) is -1.98. The molecule has 12 heteroatoms. The Kier molecular flexibility index (Phi) is 7.38. The largest absolute Gasteiger partial charge is 0.495 e. The number of ether oxygens (including phenoxy) is 2. The van der Waals surface area contributed by atoms with E-state index in [4.69, 9.17) is 9.47 Å². The molecule has 0 atom stereocenters. The van der Waals surface area contributed by atoms with Crippen LogP contribution in [0.4, 0.5) is 23.2 Å². The molecule has 0 saturated carbocycles. The molecule has 5 rings (SSSR count). The molecule has 0 aliphatic rings. The second-order valence-electron chi connectivity index (χ2n) is 8.78. The maximum absolute atomic E-state index is 15.0. The van der Waals surface area contributed by atoms with Crippen LogP contribution in [0.3, 0.4) is 0 Å². The third kappa shape index (κ3) is 5.44. The molecular formula is C29H20F4N4O4. The van der Waals surface area contributed by atoms with Gasteiger partial charge in [-0.2, -0.15) is 8.78 Å². The fourth-order valence-electron chi connectivity index (χ4n) is 4.20. The van der Waals surface area contributed by atoms with Crippen molar-refractivity contribution in [2.24, 2.45) is 0 Å². The lowest BCUT2D eigenvalue weighted by Crippen LogP contribution is -2.26. The van der Waals surface area contributed by atoms with Crippen molar-refractivity contribution in [1.82, 2.24) is 14.5 Å². The number of amides is 1. The molecule has 5 aromatic rings. The van der Waals surface area contributed by atoms with Gasteiger partial charge in [0, 0.05) is 47.5 Å². The lowest BCUT2D eigenvalue weighted by molar-refractivity contribution is 0.0673. The van der Waals surface area contributed by atoms with Crippen molar-refractivity contribution in [2.45, 2.75) is 13.5 Å². The Hall–Kier alpha value is -5.26. The SMILES string of the molecule is COc1cnc2c(Oc3ccc(NC(=O)c4cn(C(F)F)c(C)c(-c5ccc(F)cc5)c4=O)cc3F)ccnc2c1. The summed E-state index contributed by atoms with van der Waals surface area (Å²) < 4.78 is 67.3. The number of aromatic nitrogens is 3. The van der Waals surface area contributed by atoms with E-state index < -0.39 is 35.1 Å². The highest BCUT2D eigenvalue weighted by Crippen LogP contribution is 2.32. The highest BCUT2D eigenvalue weighted by molar-refractivity contribution is 6.04. The van der Waals surface area contributed by atoms with Gasteiger partial charge in [0.1, 0.15) is 22.6 Å². The Morgan fingerprint density at radius 1 is 1.00 bits per heavy atom. The number of anilines is 1. The number of benzene rings is 2. The Balaban J connectivity index is 1.44. The molecule has 8 nitrogen and oxygen atoms in total. The second-order valence-corrected chi connectivity index (χ2v) is 8.78. The fourth-order valence-corrected chi connectivity index (χ4v) is 4.20. The highest BCUT2D eigenvalue weighted by Gasteiger charge is 2.23. The smallest absolute Gasteiger partial charge is 0.318 e. The van der Waals surface area contributed by atoms with Crippen LogP contribution in [-0.4, -0.2) is 27.6 Å². The van der Waals surface area contributed by atoms with Crippen LogP contribution in [0.15, 0.2) is 78.0 Å². The Labute approximate surface area is 229 Å². The van der Waals surface area contributed by atoms with Crippen molar-refractivity contribution in [3.8, 4) is 28.4 Å². The molecule has 3 aromatic heterocycles. The molecule has 0 unspecified atom stereocenters. The van der Waals surface area contributed by atoms with E-state index in [1.807, 2.05) is 0 Å². The highest BCUT2D eigenvalue weighted by atomic mass is 19.3. The lowest BCUT2D eigenvalue weighted by Gasteiger charge is -2.16.